The van der Waals surface area contributed by atoms with Crippen LogP contribution >= 0.6 is 0 Å². The Labute approximate surface area is 173 Å². The molecule has 5 nitrogen and oxygen atoms in total. The van der Waals surface area contributed by atoms with Gasteiger partial charge in [-0.1, -0.05) is 24.3 Å². The van der Waals surface area contributed by atoms with E-state index in [2.05, 4.69) is 15.1 Å². The number of aromatic nitrogens is 4. The van der Waals surface area contributed by atoms with Gasteiger partial charge < -0.3 is 4.90 Å². The molecule has 0 radical (unpaired) electrons. The lowest BCUT2D eigenvalue weighted by Crippen LogP contribution is -2.25. The van der Waals surface area contributed by atoms with Gasteiger partial charge in [-0.15, -0.1) is 0 Å². The van der Waals surface area contributed by atoms with Crippen LogP contribution in [0, 0.1) is 5.82 Å². The zero-order chi connectivity index (χ0) is 21.3. The number of nitrogens with zero attached hydrogens (tertiary/aromatic N) is 5. The highest BCUT2D eigenvalue weighted by molar-refractivity contribution is 5.46. The second-order valence-electron chi connectivity index (χ2n) is 7.84. The van der Waals surface area contributed by atoms with Gasteiger partial charge in [0.2, 0.25) is 0 Å². The second-order valence-corrected chi connectivity index (χ2v) is 7.84. The van der Waals surface area contributed by atoms with E-state index in [9.17, 15) is 8.78 Å². The van der Waals surface area contributed by atoms with Gasteiger partial charge in [-0.2, -0.15) is 5.10 Å². The molecular weight excluding hydrogens is 391 g/mol. The number of anilines is 1. The fraction of sp³-hybridized carbons (Fsp3) is 0.409. The molecule has 1 aliphatic rings. The van der Waals surface area contributed by atoms with Crippen molar-refractivity contribution >= 4 is 5.82 Å². The van der Waals surface area contributed by atoms with E-state index in [1.54, 1.807) is 23.0 Å². The highest BCUT2D eigenvalue weighted by Crippen LogP contribution is 2.37. The number of benzene rings is 1. The lowest BCUT2D eigenvalue weighted by atomic mass is 10.0. The zero-order valence-electron chi connectivity index (χ0n) is 17.0. The molecule has 0 spiro atoms. The first-order valence-corrected chi connectivity index (χ1v) is 10.0. The van der Waals surface area contributed by atoms with Crippen molar-refractivity contribution < 1.29 is 13.2 Å². The van der Waals surface area contributed by atoms with E-state index in [-0.39, 0.29) is 17.4 Å². The maximum atomic E-state index is 15.3. The Hall–Kier alpha value is -2.90. The maximum absolute atomic E-state index is 15.3. The lowest BCUT2D eigenvalue weighted by molar-refractivity contribution is 0.0174. The van der Waals surface area contributed by atoms with Crippen LogP contribution < -0.4 is 4.90 Å². The molecular formula is C22H24F3N5. The summed E-state index contributed by atoms with van der Waals surface area (Å²) in [6.07, 6.45) is 7.84. The van der Waals surface area contributed by atoms with Gasteiger partial charge >= 0.3 is 0 Å². The van der Waals surface area contributed by atoms with Gasteiger partial charge in [0.15, 0.2) is 11.6 Å². The molecule has 4 rings (SSSR count). The van der Waals surface area contributed by atoms with Gasteiger partial charge in [0.05, 0.1) is 17.9 Å². The van der Waals surface area contributed by atoms with Gasteiger partial charge in [0.25, 0.3) is 5.92 Å². The van der Waals surface area contributed by atoms with Crippen molar-refractivity contribution in [2.24, 2.45) is 7.05 Å². The number of hydrogen-bond acceptors (Lipinski definition) is 4. The molecule has 8 heteroatoms. The number of rotatable bonds is 6. The number of halogens is 3. The molecule has 1 saturated heterocycles. The highest BCUT2D eigenvalue weighted by Gasteiger charge is 2.31. The van der Waals surface area contributed by atoms with E-state index >= 15 is 4.39 Å². The zero-order valence-corrected chi connectivity index (χ0v) is 17.0. The van der Waals surface area contributed by atoms with Crippen LogP contribution in [-0.4, -0.2) is 26.3 Å². The minimum Gasteiger partial charge on any atom is -0.347 e. The lowest BCUT2D eigenvalue weighted by Gasteiger charge is -2.27. The second kappa shape index (κ2) is 8.08. The van der Waals surface area contributed by atoms with Gasteiger partial charge in [-0.25, -0.2) is 23.1 Å². The summed E-state index contributed by atoms with van der Waals surface area (Å²) in [5, 5.41) is 4.13. The van der Waals surface area contributed by atoms with E-state index in [1.165, 1.54) is 18.5 Å². The Morgan fingerprint density at radius 1 is 1.13 bits per heavy atom. The van der Waals surface area contributed by atoms with E-state index < -0.39 is 11.7 Å². The molecule has 158 valence electrons. The Kier molecular flexibility index (Phi) is 5.49. The van der Waals surface area contributed by atoms with Crippen LogP contribution in [0.2, 0.25) is 0 Å². The van der Waals surface area contributed by atoms with Crippen molar-refractivity contribution in [2.45, 2.75) is 44.6 Å². The summed E-state index contributed by atoms with van der Waals surface area (Å²) in [7, 11) is 1.84. The van der Waals surface area contributed by atoms with Crippen LogP contribution in [0.4, 0.5) is 19.0 Å². The van der Waals surface area contributed by atoms with E-state index in [0.717, 1.165) is 30.9 Å². The van der Waals surface area contributed by atoms with Crippen molar-refractivity contribution in [3.8, 4) is 0 Å². The molecule has 0 bridgehead atoms. The standard InChI is InChI=1S/C22H24F3N5/c1-22(24,25)17-8-6-16(7-9-17)19-4-3-11-30(19)21-20(23)18(26-14-27-21)10-5-15-12-28-29(2)13-15/h6-9,12-14,19H,3-5,10-11H2,1-2H3. The smallest absolute Gasteiger partial charge is 0.270 e. The van der Waals surface area contributed by atoms with Crippen molar-refractivity contribution in [3.05, 3.63) is 71.2 Å². The van der Waals surface area contributed by atoms with Gasteiger partial charge in [0, 0.05) is 32.3 Å². The third-order valence-corrected chi connectivity index (χ3v) is 5.58. The summed E-state index contributed by atoms with van der Waals surface area (Å²) in [6, 6.07) is 6.21. The van der Waals surface area contributed by atoms with E-state index in [0.29, 0.717) is 25.1 Å². The Morgan fingerprint density at radius 3 is 2.57 bits per heavy atom. The first-order chi connectivity index (χ1) is 14.3. The van der Waals surface area contributed by atoms with Crippen molar-refractivity contribution in [3.63, 3.8) is 0 Å². The van der Waals surface area contributed by atoms with Crippen molar-refractivity contribution in [1.82, 2.24) is 19.7 Å². The van der Waals surface area contributed by atoms with Crippen LogP contribution in [0.15, 0.2) is 43.0 Å². The summed E-state index contributed by atoms with van der Waals surface area (Å²) in [5.41, 5.74) is 2.25. The normalized spacial score (nSPS) is 17.0. The minimum atomic E-state index is -2.88. The molecule has 0 N–H and O–H groups in total. The largest absolute Gasteiger partial charge is 0.347 e. The first-order valence-electron chi connectivity index (χ1n) is 10.0. The minimum absolute atomic E-state index is 0.0262. The average molecular weight is 415 g/mol. The Bertz CT molecular complexity index is 1010. The molecule has 0 amide bonds. The van der Waals surface area contributed by atoms with Crippen LogP contribution in [-0.2, 0) is 25.8 Å². The van der Waals surface area contributed by atoms with Gasteiger partial charge in [-0.05, 0) is 36.8 Å². The monoisotopic (exact) mass is 415 g/mol. The maximum Gasteiger partial charge on any atom is 0.270 e. The van der Waals surface area contributed by atoms with Crippen LogP contribution in [0.5, 0.6) is 0 Å². The predicted octanol–water partition coefficient (Wildman–Crippen LogP) is 4.59. The fourth-order valence-electron chi connectivity index (χ4n) is 4.00. The highest BCUT2D eigenvalue weighted by atomic mass is 19.3. The molecule has 3 aromatic rings. The van der Waals surface area contributed by atoms with Crippen molar-refractivity contribution in [1.29, 1.82) is 0 Å². The molecule has 1 aromatic carbocycles. The summed E-state index contributed by atoms with van der Waals surface area (Å²) >= 11 is 0. The Morgan fingerprint density at radius 2 is 1.90 bits per heavy atom. The topological polar surface area (TPSA) is 46.8 Å². The van der Waals surface area contributed by atoms with Crippen molar-refractivity contribution in [2.75, 3.05) is 11.4 Å². The summed E-state index contributed by atoms with van der Waals surface area (Å²) in [5.74, 6) is -3.01. The molecule has 3 heterocycles. The molecule has 30 heavy (non-hydrogen) atoms. The summed E-state index contributed by atoms with van der Waals surface area (Å²) in [6.45, 7) is 1.54. The van der Waals surface area contributed by atoms with Gasteiger partial charge in [-0.3, -0.25) is 4.68 Å². The van der Waals surface area contributed by atoms with E-state index in [1.807, 2.05) is 18.1 Å². The first kappa shape index (κ1) is 20.4. The van der Waals surface area contributed by atoms with Gasteiger partial charge in [0.1, 0.15) is 6.33 Å². The quantitative estimate of drug-likeness (QED) is 0.591. The number of hydrogen-bond donors (Lipinski definition) is 0. The third-order valence-electron chi connectivity index (χ3n) is 5.58. The number of aryl methyl sites for hydroxylation is 3. The molecule has 1 atom stereocenters. The summed E-state index contributed by atoms with van der Waals surface area (Å²) in [4.78, 5) is 10.3. The third kappa shape index (κ3) is 4.17. The average Bonchev–Trinajstić information content (AvgIpc) is 3.36. The molecule has 0 saturated carbocycles. The van der Waals surface area contributed by atoms with Crippen LogP contribution in [0.3, 0.4) is 0 Å². The van der Waals surface area contributed by atoms with E-state index in [4.69, 9.17) is 0 Å². The SMILES string of the molecule is Cn1cc(CCc2ncnc(N3CCCC3c3ccc(C(C)(F)F)cc3)c2F)cn1. The molecule has 0 aliphatic carbocycles. The predicted molar refractivity (Wildman–Crippen MR) is 108 cm³/mol. The number of alkyl halides is 2. The fourth-order valence-corrected chi connectivity index (χ4v) is 4.00. The summed E-state index contributed by atoms with van der Waals surface area (Å²) < 4.78 is 44.0. The molecule has 1 fully saturated rings. The molecule has 2 aromatic heterocycles. The molecule has 1 aliphatic heterocycles. The molecule has 1 unspecified atom stereocenters. The Balaban J connectivity index is 1.55. The van der Waals surface area contributed by atoms with Crippen LogP contribution in [0.1, 0.15) is 48.2 Å². The van der Waals surface area contributed by atoms with Crippen LogP contribution in [0.25, 0.3) is 0 Å².